The Kier molecular flexibility index (Phi) is 2.46. The molecule has 0 bridgehead atoms. The molecule has 0 fully saturated rings. The number of thiophene rings is 1. The lowest BCUT2D eigenvalue weighted by atomic mass is 10.1. The molecule has 0 aromatic carbocycles. The van der Waals surface area contributed by atoms with Gasteiger partial charge >= 0.3 is 0 Å². The molecule has 1 atom stereocenters. The number of nitrogens with two attached hydrogens (primary N) is 1. The lowest BCUT2D eigenvalue weighted by Gasteiger charge is -2.04. The molecule has 0 aliphatic rings. The average Bonchev–Trinajstić information content (AvgIpc) is 2.96. The molecule has 0 spiro atoms. The van der Waals surface area contributed by atoms with Crippen molar-refractivity contribution in [2.75, 3.05) is 0 Å². The van der Waals surface area contributed by atoms with E-state index in [4.69, 9.17) is 10.2 Å². The smallest absolute Gasteiger partial charge is 0.152 e. The fourth-order valence-electron chi connectivity index (χ4n) is 1.81. The second-order valence-electron chi connectivity index (χ2n) is 4.02. The van der Waals surface area contributed by atoms with Gasteiger partial charge in [-0.2, -0.15) is 11.3 Å². The van der Waals surface area contributed by atoms with Gasteiger partial charge < -0.3 is 10.2 Å². The topological polar surface area (TPSA) is 52.0 Å². The number of rotatable bonds is 2. The van der Waals surface area contributed by atoms with Crippen LogP contribution in [0.2, 0.25) is 0 Å². The predicted molar refractivity (Wildman–Crippen MR) is 69.1 cm³/mol. The molecular formula is C13H12N2OS. The van der Waals surface area contributed by atoms with Crippen molar-refractivity contribution in [2.24, 2.45) is 5.73 Å². The van der Waals surface area contributed by atoms with Crippen molar-refractivity contribution >= 4 is 22.4 Å². The van der Waals surface area contributed by atoms with Gasteiger partial charge in [0.25, 0.3) is 0 Å². The number of hydrogen-bond donors (Lipinski definition) is 1. The van der Waals surface area contributed by atoms with E-state index in [1.54, 1.807) is 11.3 Å². The van der Waals surface area contributed by atoms with E-state index in [0.29, 0.717) is 0 Å². The van der Waals surface area contributed by atoms with E-state index in [0.717, 1.165) is 28.1 Å². The standard InChI is InChI=1S/C13H12N2OS/c1-8-2-3-11-10(15-8)6-12(16-11)13(14)9-4-5-17-7-9/h2-7,13H,14H2,1H3. The van der Waals surface area contributed by atoms with Gasteiger partial charge in [-0.15, -0.1) is 0 Å². The Labute approximate surface area is 103 Å². The third kappa shape index (κ3) is 1.85. The first-order valence-corrected chi connectivity index (χ1v) is 6.33. The Bertz CT molecular complexity index is 643. The average molecular weight is 244 g/mol. The van der Waals surface area contributed by atoms with E-state index in [2.05, 4.69) is 4.98 Å². The lowest BCUT2D eigenvalue weighted by molar-refractivity contribution is 0.525. The number of aryl methyl sites for hydroxylation is 1. The van der Waals surface area contributed by atoms with Crippen LogP contribution < -0.4 is 5.73 Å². The van der Waals surface area contributed by atoms with Crippen molar-refractivity contribution in [2.45, 2.75) is 13.0 Å². The zero-order valence-electron chi connectivity index (χ0n) is 9.38. The molecule has 3 aromatic heterocycles. The van der Waals surface area contributed by atoms with Gasteiger partial charge in [-0.25, -0.2) is 4.98 Å². The van der Waals surface area contributed by atoms with Crippen LogP contribution in [0.5, 0.6) is 0 Å². The number of aromatic nitrogens is 1. The highest BCUT2D eigenvalue weighted by Crippen LogP contribution is 2.26. The molecule has 86 valence electrons. The predicted octanol–water partition coefficient (Wildman–Crippen LogP) is 3.25. The van der Waals surface area contributed by atoms with E-state index in [1.807, 2.05) is 41.9 Å². The summed E-state index contributed by atoms with van der Waals surface area (Å²) < 4.78 is 5.73. The highest BCUT2D eigenvalue weighted by molar-refractivity contribution is 7.08. The summed E-state index contributed by atoms with van der Waals surface area (Å²) in [5.41, 5.74) is 9.86. The van der Waals surface area contributed by atoms with E-state index in [1.165, 1.54) is 0 Å². The molecule has 0 radical (unpaired) electrons. The first kappa shape index (κ1) is 10.5. The first-order valence-electron chi connectivity index (χ1n) is 5.39. The molecule has 4 heteroatoms. The lowest BCUT2D eigenvalue weighted by Crippen LogP contribution is -2.09. The Morgan fingerprint density at radius 1 is 1.35 bits per heavy atom. The maximum absolute atomic E-state index is 6.15. The zero-order chi connectivity index (χ0) is 11.8. The van der Waals surface area contributed by atoms with Crippen LogP contribution in [-0.2, 0) is 0 Å². The Morgan fingerprint density at radius 2 is 2.24 bits per heavy atom. The fraction of sp³-hybridized carbons (Fsp3) is 0.154. The monoisotopic (exact) mass is 244 g/mol. The van der Waals surface area contributed by atoms with Crippen molar-refractivity contribution in [1.82, 2.24) is 4.98 Å². The van der Waals surface area contributed by atoms with Crippen LogP contribution in [0.3, 0.4) is 0 Å². The van der Waals surface area contributed by atoms with Crippen molar-refractivity contribution in [1.29, 1.82) is 0 Å². The molecular weight excluding hydrogens is 232 g/mol. The zero-order valence-corrected chi connectivity index (χ0v) is 10.2. The molecule has 3 heterocycles. The molecule has 2 N–H and O–H groups in total. The van der Waals surface area contributed by atoms with E-state index in [-0.39, 0.29) is 6.04 Å². The van der Waals surface area contributed by atoms with E-state index >= 15 is 0 Å². The van der Waals surface area contributed by atoms with Crippen LogP contribution in [-0.4, -0.2) is 4.98 Å². The van der Waals surface area contributed by atoms with Crippen molar-refractivity contribution in [3.8, 4) is 0 Å². The van der Waals surface area contributed by atoms with Gasteiger partial charge in [-0.1, -0.05) is 0 Å². The molecule has 0 saturated heterocycles. The number of furan rings is 1. The van der Waals surface area contributed by atoms with Gasteiger partial charge in [0.15, 0.2) is 5.58 Å². The summed E-state index contributed by atoms with van der Waals surface area (Å²) >= 11 is 1.63. The van der Waals surface area contributed by atoms with Crippen LogP contribution in [0.15, 0.2) is 39.4 Å². The Balaban J connectivity index is 2.06. The van der Waals surface area contributed by atoms with E-state index < -0.39 is 0 Å². The minimum absolute atomic E-state index is 0.212. The highest BCUT2D eigenvalue weighted by atomic mass is 32.1. The molecule has 0 saturated carbocycles. The van der Waals surface area contributed by atoms with Gasteiger partial charge in [0.1, 0.15) is 11.3 Å². The maximum atomic E-state index is 6.15. The Hall–Kier alpha value is -1.65. The third-order valence-corrected chi connectivity index (χ3v) is 3.44. The number of nitrogens with zero attached hydrogens (tertiary/aromatic N) is 1. The summed E-state index contributed by atoms with van der Waals surface area (Å²) in [7, 11) is 0. The van der Waals surface area contributed by atoms with Gasteiger partial charge in [0.2, 0.25) is 0 Å². The summed E-state index contributed by atoms with van der Waals surface area (Å²) in [5, 5.41) is 4.05. The van der Waals surface area contributed by atoms with Crippen LogP contribution in [0.4, 0.5) is 0 Å². The van der Waals surface area contributed by atoms with Gasteiger partial charge in [-0.3, -0.25) is 0 Å². The summed E-state index contributed by atoms with van der Waals surface area (Å²) in [6.07, 6.45) is 0. The summed E-state index contributed by atoms with van der Waals surface area (Å²) in [6, 6.07) is 7.59. The van der Waals surface area contributed by atoms with Gasteiger partial charge in [-0.05, 0) is 41.4 Å². The van der Waals surface area contributed by atoms with Crippen molar-refractivity contribution < 1.29 is 4.42 Å². The SMILES string of the molecule is Cc1ccc2oc(C(N)c3ccsc3)cc2n1. The van der Waals surface area contributed by atoms with Gasteiger partial charge in [0.05, 0.1) is 6.04 Å². The maximum Gasteiger partial charge on any atom is 0.152 e. The van der Waals surface area contributed by atoms with Gasteiger partial charge in [0, 0.05) is 11.8 Å². The Morgan fingerprint density at radius 3 is 3.00 bits per heavy atom. The number of fused-ring (bicyclic) bond motifs is 1. The molecule has 17 heavy (non-hydrogen) atoms. The second-order valence-corrected chi connectivity index (χ2v) is 4.80. The minimum Gasteiger partial charge on any atom is -0.457 e. The number of hydrogen-bond acceptors (Lipinski definition) is 4. The fourth-order valence-corrected chi connectivity index (χ4v) is 2.51. The highest BCUT2D eigenvalue weighted by Gasteiger charge is 2.15. The normalized spacial score (nSPS) is 13.1. The van der Waals surface area contributed by atoms with Crippen LogP contribution in [0, 0.1) is 6.92 Å². The molecule has 3 rings (SSSR count). The summed E-state index contributed by atoms with van der Waals surface area (Å²) in [4.78, 5) is 4.41. The molecule has 0 amide bonds. The summed E-state index contributed by atoms with van der Waals surface area (Å²) in [6.45, 7) is 1.96. The third-order valence-electron chi connectivity index (χ3n) is 2.74. The van der Waals surface area contributed by atoms with E-state index in [9.17, 15) is 0 Å². The second kappa shape index (κ2) is 3.98. The molecule has 1 unspecified atom stereocenters. The minimum atomic E-state index is -0.212. The van der Waals surface area contributed by atoms with Crippen LogP contribution >= 0.6 is 11.3 Å². The number of pyridine rings is 1. The van der Waals surface area contributed by atoms with Crippen LogP contribution in [0.25, 0.3) is 11.1 Å². The molecule has 3 aromatic rings. The summed E-state index contributed by atoms with van der Waals surface area (Å²) in [5.74, 6) is 0.761. The van der Waals surface area contributed by atoms with Crippen LogP contribution in [0.1, 0.15) is 23.1 Å². The molecule has 0 aliphatic carbocycles. The van der Waals surface area contributed by atoms with Crippen molar-refractivity contribution in [3.63, 3.8) is 0 Å². The molecule has 3 nitrogen and oxygen atoms in total. The quantitative estimate of drug-likeness (QED) is 0.752. The molecule has 0 aliphatic heterocycles. The van der Waals surface area contributed by atoms with Crippen molar-refractivity contribution in [3.05, 3.63) is 52.0 Å². The largest absolute Gasteiger partial charge is 0.457 e. The first-order chi connectivity index (χ1) is 8.24.